The van der Waals surface area contributed by atoms with Crippen LogP contribution in [0, 0.1) is 6.92 Å². The first-order chi connectivity index (χ1) is 13.0. The number of ether oxygens (including phenoxy) is 2. The number of phenols is 1. The number of methoxy groups -OCH3 is 2. The third kappa shape index (κ3) is 3.67. The molecule has 2 aromatic carbocycles. The Morgan fingerprint density at radius 3 is 2.33 bits per heavy atom. The van der Waals surface area contributed by atoms with Crippen LogP contribution in [-0.2, 0) is 0 Å². The first-order valence-electron chi connectivity index (χ1n) is 8.20. The van der Waals surface area contributed by atoms with Gasteiger partial charge in [0.2, 0.25) is 11.5 Å². The minimum absolute atomic E-state index is 0.0925. The van der Waals surface area contributed by atoms with Gasteiger partial charge in [-0.15, -0.1) is 5.10 Å². The Hall–Kier alpha value is -3.61. The molecule has 0 aliphatic heterocycles. The zero-order chi connectivity index (χ0) is 19.4. The van der Waals surface area contributed by atoms with Gasteiger partial charge in [0, 0.05) is 0 Å². The van der Waals surface area contributed by atoms with Crippen molar-refractivity contribution in [1.82, 2.24) is 15.0 Å². The summed E-state index contributed by atoms with van der Waals surface area (Å²) in [5.41, 5.74) is 2.39. The summed E-state index contributed by atoms with van der Waals surface area (Å²) in [5, 5.41) is 18.0. The standard InChI is InChI=1S/C20H19N3O4/c1-13-19(21-22-23(13)15-7-5-4-6-8-15)16(24)10-9-14-11-17(26-2)20(25)18(12-14)27-3/h4-12,25H,1-3H3/b10-9-. The van der Waals surface area contributed by atoms with Crippen LogP contribution in [-0.4, -0.2) is 40.1 Å². The van der Waals surface area contributed by atoms with Gasteiger partial charge in [-0.25, -0.2) is 4.68 Å². The molecule has 3 rings (SSSR count). The molecule has 1 aromatic heterocycles. The second-order valence-electron chi connectivity index (χ2n) is 5.74. The van der Waals surface area contributed by atoms with Crippen molar-refractivity contribution in [3.05, 3.63) is 65.5 Å². The molecule has 0 bridgehead atoms. The molecule has 7 nitrogen and oxygen atoms in total. The van der Waals surface area contributed by atoms with Crippen molar-refractivity contribution >= 4 is 11.9 Å². The zero-order valence-corrected chi connectivity index (χ0v) is 15.2. The van der Waals surface area contributed by atoms with Crippen LogP contribution < -0.4 is 9.47 Å². The Morgan fingerprint density at radius 1 is 1.11 bits per heavy atom. The van der Waals surface area contributed by atoms with Gasteiger partial charge in [-0.3, -0.25) is 4.79 Å². The number of allylic oxidation sites excluding steroid dienone is 1. The predicted octanol–water partition coefficient (Wildman–Crippen LogP) is 3.19. The number of carbonyl (C=O) groups excluding carboxylic acids is 1. The van der Waals surface area contributed by atoms with Crippen LogP contribution in [0.3, 0.4) is 0 Å². The Kier molecular flexibility index (Phi) is 5.21. The van der Waals surface area contributed by atoms with E-state index in [0.717, 1.165) is 5.69 Å². The summed E-state index contributed by atoms with van der Waals surface area (Å²) < 4.78 is 11.9. The van der Waals surface area contributed by atoms with E-state index >= 15 is 0 Å². The molecule has 0 fully saturated rings. The summed E-state index contributed by atoms with van der Waals surface area (Å²) in [6, 6.07) is 12.7. The molecule has 0 radical (unpaired) electrons. The monoisotopic (exact) mass is 365 g/mol. The minimum Gasteiger partial charge on any atom is -0.502 e. The quantitative estimate of drug-likeness (QED) is 0.533. The van der Waals surface area contributed by atoms with E-state index in [4.69, 9.17) is 9.47 Å². The molecule has 0 aliphatic rings. The topological polar surface area (TPSA) is 86.5 Å². The lowest BCUT2D eigenvalue weighted by molar-refractivity contribution is 0.104. The van der Waals surface area contributed by atoms with Gasteiger partial charge in [-0.2, -0.15) is 0 Å². The molecule has 0 aliphatic carbocycles. The maximum absolute atomic E-state index is 12.5. The number of hydrogen-bond donors (Lipinski definition) is 1. The highest BCUT2D eigenvalue weighted by Crippen LogP contribution is 2.37. The summed E-state index contributed by atoms with van der Waals surface area (Å²) in [5.74, 6) is 0.145. The molecule has 0 amide bonds. The summed E-state index contributed by atoms with van der Waals surface area (Å²) >= 11 is 0. The molecule has 138 valence electrons. The number of carbonyl (C=O) groups is 1. The summed E-state index contributed by atoms with van der Waals surface area (Å²) in [7, 11) is 2.89. The zero-order valence-electron chi connectivity index (χ0n) is 15.2. The van der Waals surface area contributed by atoms with Gasteiger partial charge in [0.25, 0.3) is 0 Å². The van der Waals surface area contributed by atoms with Crippen molar-refractivity contribution in [1.29, 1.82) is 0 Å². The fourth-order valence-corrected chi connectivity index (χ4v) is 2.63. The lowest BCUT2D eigenvalue weighted by Gasteiger charge is -2.09. The molecule has 1 N–H and O–H groups in total. The Labute approximate surface area is 156 Å². The largest absolute Gasteiger partial charge is 0.502 e. The van der Waals surface area contributed by atoms with E-state index in [1.165, 1.54) is 20.3 Å². The smallest absolute Gasteiger partial charge is 0.208 e. The SMILES string of the molecule is COc1cc(/C=C\C(=O)c2nnn(-c3ccccc3)c2C)cc(OC)c1O. The normalized spacial score (nSPS) is 10.9. The van der Waals surface area contributed by atoms with E-state index < -0.39 is 0 Å². The van der Waals surface area contributed by atoms with E-state index in [1.54, 1.807) is 29.8 Å². The molecule has 0 saturated heterocycles. The van der Waals surface area contributed by atoms with Crippen molar-refractivity contribution in [2.45, 2.75) is 6.92 Å². The van der Waals surface area contributed by atoms with Gasteiger partial charge in [0.1, 0.15) is 0 Å². The summed E-state index contributed by atoms with van der Waals surface area (Å²) in [6.45, 7) is 1.79. The lowest BCUT2D eigenvalue weighted by atomic mass is 10.1. The van der Waals surface area contributed by atoms with Crippen LogP contribution in [0.5, 0.6) is 17.2 Å². The minimum atomic E-state index is -0.277. The van der Waals surface area contributed by atoms with Crippen LogP contribution in [0.2, 0.25) is 0 Å². The van der Waals surface area contributed by atoms with Crippen LogP contribution in [0.25, 0.3) is 11.8 Å². The summed E-state index contributed by atoms with van der Waals surface area (Å²) in [6.07, 6.45) is 3.01. The van der Waals surface area contributed by atoms with Crippen molar-refractivity contribution in [2.75, 3.05) is 14.2 Å². The van der Waals surface area contributed by atoms with Gasteiger partial charge in [0.05, 0.1) is 25.6 Å². The molecule has 3 aromatic rings. The molecule has 0 saturated carbocycles. The number of hydrogen-bond acceptors (Lipinski definition) is 6. The third-order valence-electron chi connectivity index (χ3n) is 4.06. The Balaban J connectivity index is 1.87. The fourth-order valence-electron chi connectivity index (χ4n) is 2.63. The Morgan fingerprint density at radius 2 is 1.74 bits per heavy atom. The second-order valence-corrected chi connectivity index (χ2v) is 5.74. The summed E-state index contributed by atoms with van der Waals surface area (Å²) in [4.78, 5) is 12.5. The number of nitrogens with zero attached hydrogens (tertiary/aromatic N) is 3. The van der Waals surface area contributed by atoms with E-state index in [0.29, 0.717) is 11.3 Å². The number of rotatable bonds is 6. The average molecular weight is 365 g/mol. The highest BCUT2D eigenvalue weighted by Gasteiger charge is 2.15. The van der Waals surface area contributed by atoms with Gasteiger partial charge < -0.3 is 14.6 Å². The molecule has 0 spiro atoms. The van der Waals surface area contributed by atoms with Crippen LogP contribution in [0.15, 0.2) is 48.5 Å². The van der Waals surface area contributed by atoms with Crippen LogP contribution in [0.1, 0.15) is 21.7 Å². The molecule has 0 atom stereocenters. The first-order valence-corrected chi connectivity index (χ1v) is 8.20. The Bertz CT molecular complexity index is 969. The third-order valence-corrected chi connectivity index (χ3v) is 4.06. The number of ketones is 1. The predicted molar refractivity (Wildman–Crippen MR) is 101 cm³/mol. The van der Waals surface area contributed by atoms with Crippen LogP contribution >= 0.6 is 0 Å². The van der Waals surface area contributed by atoms with Gasteiger partial charge >= 0.3 is 0 Å². The van der Waals surface area contributed by atoms with E-state index in [2.05, 4.69) is 10.3 Å². The number of aromatic hydroxyl groups is 1. The first kappa shape index (κ1) is 18.2. The van der Waals surface area contributed by atoms with E-state index in [9.17, 15) is 9.90 Å². The van der Waals surface area contributed by atoms with Crippen molar-refractivity contribution in [3.8, 4) is 22.9 Å². The average Bonchev–Trinajstić information content (AvgIpc) is 3.09. The van der Waals surface area contributed by atoms with Crippen molar-refractivity contribution < 1.29 is 19.4 Å². The number of para-hydroxylation sites is 1. The maximum atomic E-state index is 12.5. The molecule has 7 heteroatoms. The lowest BCUT2D eigenvalue weighted by Crippen LogP contribution is -2.01. The molecule has 1 heterocycles. The second kappa shape index (κ2) is 7.74. The molecule has 0 unspecified atom stereocenters. The maximum Gasteiger partial charge on any atom is 0.208 e. The highest BCUT2D eigenvalue weighted by atomic mass is 16.5. The van der Waals surface area contributed by atoms with Crippen molar-refractivity contribution in [3.63, 3.8) is 0 Å². The highest BCUT2D eigenvalue weighted by molar-refractivity contribution is 6.06. The number of phenolic OH excluding ortho intramolecular Hbond substituents is 1. The molecular formula is C20H19N3O4. The fraction of sp³-hybridized carbons (Fsp3) is 0.150. The van der Waals surface area contributed by atoms with Gasteiger partial charge in [-0.1, -0.05) is 29.5 Å². The van der Waals surface area contributed by atoms with E-state index in [1.807, 2.05) is 30.3 Å². The van der Waals surface area contributed by atoms with Gasteiger partial charge in [0.15, 0.2) is 17.2 Å². The van der Waals surface area contributed by atoms with Gasteiger partial charge in [-0.05, 0) is 42.8 Å². The van der Waals surface area contributed by atoms with Crippen LogP contribution in [0.4, 0.5) is 0 Å². The van der Waals surface area contributed by atoms with Crippen molar-refractivity contribution in [2.24, 2.45) is 0 Å². The molecule has 27 heavy (non-hydrogen) atoms. The molecular weight excluding hydrogens is 346 g/mol. The number of aromatic nitrogens is 3. The van der Waals surface area contributed by atoms with E-state index in [-0.39, 0.29) is 28.7 Å². The number of benzene rings is 2.